The lowest BCUT2D eigenvalue weighted by molar-refractivity contribution is 0.263. The van der Waals surface area contributed by atoms with Gasteiger partial charge >= 0.3 is 0 Å². The van der Waals surface area contributed by atoms with E-state index in [9.17, 15) is 8.42 Å². The van der Waals surface area contributed by atoms with Crippen molar-refractivity contribution in [3.63, 3.8) is 0 Å². The van der Waals surface area contributed by atoms with Gasteiger partial charge in [-0.05, 0) is 43.7 Å². The zero-order valence-electron chi connectivity index (χ0n) is 10.7. The maximum atomic E-state index is 12.6. The molecule has 0 amide bonds. The number of nitrogens with zero attached hydrogens (tertiary/aromatic N) is 1. The fourth-order valence-electron chi connectivity index (χ4n) is 2.32. The average molecular weight is 387 g/mol. The minimum atomic E-state index is -3.36. The van der Waals surface area contributed by atoms with E-state index in [0.29, 0.717) is 27.6 Å². The fraction of sp³-hybridized carbons (Fsp3) is 0.667. The van der Waals surface area contributed by atoms with Crippen LogP contribution in [0.2, 0.25) is 4.34 Å². The first kappa shape index (κ1) is 15.8. The molecule has 108 valence electrons. The van der Waals surface area contributed by atoms with Crippen molar-refractivity contribution in [2.24, 2.45) is 5.92 Å². The van der Waals surface area contributed by atoms with E-state index in [1.165, 1.54) is 0 Å². The van der Waals surface area contributed by atoms with Gasteiger partial charge in [0.15, 0.2) is 0 Å². The zero-order valence-corrected chi connectivity index (χ0v) is 14.7. The summed E-state index contributed by atoms with van der Waals surface area (Å²) in [5, 5.41) is 0.926. The molecule has 1 atom stereocenters. The van der Waals surface area contributed by atoms with Gasteiger partial charge in [-0.15, -0.1) is 11.3 Å². The van der Waals surface area contributed by atoms with Crippen molar-refractivity contribution in [1.82, 2.24) is 4.31 Å². The summed E-state index contributed by atoms with van der Waals surface area (Å²) in [5.41, 5.74) is 0.833. The Balaban J connectivity index is 2.19. The maximum Gasteiger partial charge on any atom is 0.252 e. The number of halogens is 2. The van der Waals surface area contributed by atoms with Crippen molar-refractivity contribution in [1.29, 1.82) is 0 Å². The summed E-state index contributed by atoms with van der Waals surface area (Å²) in [4.78, 5) is 0. The number of piperidine rings is 1. The molecule has 7 heteroatoms. The molecule has 1 unspecified atom stereocenters. The molecular weight excluding hydrogens is 370 g/mol. The minimum absolute atomic E-state index is 0.370. The molecule has 1 saturated heterocycles. The highest BCUT2D eigenvalue weighted by atomic mass is 79.9. The second-order valence-corrected chi connectivity index (χ2v) is 9.48. The molecule has 0 saturated carbocycles. The molecule has 1 aliphatic rings. The molecule has 1 aliphatic heterocycles. The Morgan fingerprint density at radius 1 is 1.58 bits per heavy atom. The number of hydrogen-bond acceptors (Lipinski definition) is 3. The number of hydrogen-bond donors (Lipinski definition) is 0. The molecule has 0 N–H and O–H groups in total. The van der Waals surface area contributed by atoms with Gasteiger partial charge in [-0.2, -0.15) is 4.31 Å². The number of thiophene rings is 1. The van der Waals surface area contributed by atoms with Gasteiger partial charge in [-0.3, -0.25) is 0 Å². The van der Waals surface area contributed by atoms with E-state index in [1.54, 1.807) is 10.4 Å². The van der Waals surface area contributed by atoms with Crippen molar-refractivity contribution < 1.29 is 8.42 Å². The molecule has 0 radical (unpaired) electrons. The fourth-order valence-corrected chi connectivity index (χ4v) is 6.39. The van der Waals surface area contributed by atoms with Crippen molar-refractivity contribution >= 4 is 48.9 Å². The van der Waals surface area contributed by atoms with E-state index in [4.69, 9.17) is 11.6 Å². The van der Waals surface area contributed by atoms with Gasteiger partial charge in [0, 0.05) is 18.4 Å². The topological polar surface area (TPSA) is 37.4 Å². The van der Waals surface area contributed by atoms with E-state index < -0.39 is 10.0 Å². The second-order valence-electron chi connectivity index (χ2n) is 4.87. The molecule has 0 aromatic carbocycles. The predicted octanol–water partition coefficient (Wildman–Crippen LogP) is 3.90. The monoisotopic (exact) mass is 385 g/mol. The predicted molar refractivity (Wildman–Crippen MR) is 84.0 cm³/mol. The largest absolute Gasteiger partial charge is 0.252 e. The standard InChI is InChI=1S/C12H17BrClNO2S2/c1-9-7-11(18-12(9)14)19(16,17)15-6-2-3-10(8-15)4-5-13/h7,10H,2-6,8H2,1H3. The van der Waals surface area contributed by atoms with E-state index in [-0.39, 0.29) is 0 Å². The molecule has 2 rings (SSSR count). The summed E-state index contributed by atoms with van der Waals surface area (Å²) in [6, 6.07) is 1.68. The smallest absolute Gasteiger partial charge is 0.206 e. The highest BCUT2D eigenvalue weighted by Gasteiger charge is 2.31. The number of alkyl halides is 1. The van der Waals surface area contributed by atoms with Crippen LogP contribution in [0, 0.1) is 12.8 Å². The number of rotatable bonds is 4. The Morgan fingerprint density at radius 2 is 2.32 bits per heavy atom. The molecule has 0 spiro atoms. The van der Waals surface area contributed by atoms with Gasteiger partial charge in [0.2, 0.25) is 0 Å². The Hall–Kier alpha value is 0.380. The van der Waals surface area contributed by atoms with Crippen LogP contribution in [-0.2, 0) is 10.0 Å². The highest BCUT2D eigenvalue weighted by Crippen LogP contribution is 2.33. The molecule has 0 bridgehead atoms. The summed E-state index contributed by atoms with van der Waals surface area (Å²) in [5.74, 6) is 0.458. The molecule has 19 heavy (non-hydrogen) atoms. The van der Waals surface area contributed by atoms with Crippen LogP contribution < -0.4 is 0 Å². The molecule has 2 heterocycles. The van der Waals surface area contributed by atoms with Gasteiger partial charge in [-0.25, -0.2) is 8.42 Å². The third-order valence-corrected chi connectivity index (χ3v) is 7.76. The summed E-state index contributed by atoms with van der Waals surface area (Å²) in [6.07, 6.45) is 3.08. The van der Waals surface area contributed by atoms with Gasteiger partial charge < -0.3 is 0 Å². The van der Waals surface area contributed by atoms with Crippen molar-refractivity contribution in [2.45, 2.75) is 30.4 Å². The van der Waals surface area contributed by atoms with Crippen molar-refractivity contribution in [3.8, 4) is 0 Å². The summed E-state index contributed by atoms with van der Waals surface area (Å²) in [6.45, 7) is 3.08. The Labute approximate surface area is 132 Å². The van der Waals surface area contributed by atoms with Gasteiger partial charge in [-0.1, -0.05) is 27.5 Å². The Bertz CT molecular complexity index is 522. The van der Waals surface area contributed by atoms with E-state index in [0.717, 1.165) is 41.5 Å². The maximum absolute atomic E-state index is 12.6. The average Bonchev–Trinajstić information content (AvgIpc) is 2.71. The van der Waals surface area contributed by atoms with Crippen LogP contribution in [-0.4, -0.2) is 31.1 Å². The third-order valence-electron chi connectivity index (χ3n) is 3.43. The van der Waals surface area contributed by atoms with Crippen LogP contribution in [0.15, 0.2) is 10.3 Å². The first-order valence-electron chi connectivity index (χ1n) is 6.27. The second kappa shape index (κ2) is 6.43. The van der Waals surface area contributed by atoms with Crippen LogP contribution in [0.4, 0.5) is 0 Å². The number of sulfonamides is 1. The van der Waals surface area contributed by atoms with Crippen LogP contribution in [0.1, 0.15) is 24.8 Å². The van der Waals surface area contributed by atoms with Gasteiger partial charge in [0.1, 0.15) is 4.21 Å². The summed E-state index contributed by atoms with van der Waals surface area (Å²) >= 11 is 10.6. The molecular formula is C12H17BrClNO2S2. The molecule has 1 fully saturated rings. The quantitative estimate of drug-likeness (QED) is 0.736. The molecule has 1 aromatic rings. The SMILES string of the molecule is Cc1cc(S(=O)(=O)N2CCCC(CCBr)C2)sc1Cl. The lowest BCUT2D eigenvalue weighted by Gasteiger charge is -2.31. The lowest BCUT2D eigenvalue weighted by atomic mass is 9.97. The first-order valence-corrected chi connectivity index (χ1v) is 10.0. The van der Waals surface area contributed by atoms with Gasteiger partial charge in [0.25, 0.3) is 10.0 Å². The van der Waals surface area contributed by atoms with Crippen LogP contribution in [0.25, 0.3) is 0 Å². The molecule has 1 aromatic heterocycles. The van der Waals surface area contributed by atoms with Crippen molar-refractivity contribution in [2.75, 3.05) is 18.4 Å². The summed E-state index contributed by atoms with van der Waals surface area (Å²) in [7, 11) is -3.36. The van der Waals surface area contributed by atoms with Crippen LogP contribution in [0.3, 0.4) is 0 Å². The van der Waals surface area contributed by atoms with E-state index >= 15 is 0 Å². The van der Waals surface area contributed by atoms with E-state index in [2.05, 4.69) is 15.9 Å². The lowest BCUT2D eigenvalue weighted by Crippen LogP contribution is -2.39. The number of aryl methyl sites for hydroxylation is 1. The summed E-state index contributed by atoms with van der Waals surface area (Å²) < 4.78 is 27.7. The molecule has 0 aliphatic carbocycles. The van der Waals surface area contributed by atoms with Crippen LogP contribution in [0.5, 0.6) is 0 Å². The Kier molecular flexibility index (Phi) is 5.34. The van der Waals surface area contributed by atoms with Crippen LogP contribution >= 0.6 is 38.9 Å². The first-order chi connectivity index (χ1) is 8.95. The normalized spacial score (nSPS) is 21.7. The van der Waals surface area contributed by atoms with Gasteiger partial charge in [0.05, 0.1) is 4.34 Å². The Morgan fingerprint density at radius 3 is 2.89 bits per heavy atom. The highest BCUT2D eigenvalue weighted by molar-refractivity contribution is 9.09. The van der Waals surface area contributed by atoms with Crippen molar-refractivity contribution in [3.05, 3.63) is 16.0 Å². The zero-order chi connectivity index (χ0) is 14.0. The van der Waals surface area contributed by atoms with E-state index in [1.807, 2.05) is 6.92 Å². The minimum Gasteiger partial charge on any atom is -0.206 e. The third kappa shape index (κ3) is 3.53. The molecule has 3 nitrogen and oxygen atoms in total.